The summed E-state index contributed by atoms with van der Waals surface area (Å²) in [6, 6.07) is 14.2. The molecule has 1 aliphatic rings. The number of nitrogens with one attached hydrogen (secondary N) is 1. The number of benzene rings is 2. The Morgan fingerprint density at radius 2 is 1.73 bits per heavy atom. The smallest absolute Gasteiger partial charge is 0.258 e. The summed E-state index contributed by atoms with van der Waals surface area (Å²) in [6.45, 7) is 0.446. The van der Waals surface area contributed by atoms with E-state index in [1.54, 1.807) is 36.5 Å². The van der Waals surface area contributed by atoms with Crippen LogP contribution in [0.1, 0.15) is 42.5 Å². The molecule has 0 spiro atoms. The lowest BCUT2D eigenvalue weighted by Crippen LogP contribution is -2.31. The number of hydrogen-bond acceptors (Lipinski definition) is 5. The topological polar surface area (TPSA) is 119 Å². The van der Waals surface area contributed by atoms with Crippen LogP contribution in [0.2, 0.25) is 10.0 Å². The van der Waals surface area contributed by atoms with Crippen molar-refractivity contribution in [2.75, 3.05) is 6.54 Å². The van der Waals surface area contributed by atoms with E-state index in [4.69, 9.17) is 28.3 Å². The van der Waals surface area contributed by atoms with Crippen LogP contribution in [0.3, 0.4) is 0 Å². The zero-order valence-electron chi connectivity index (χ0n) is 19.8. The quantitative estimate of drug-likeness (QED) is 0.332. The molecule has 4 aromatic rings. The number of sulfonamides is 1. The molecule has 1 aliphatic carbocycles. The van der Waals surface area contributed by atoms with Crippen molar-refractivity contribution in [3.8, 4) is 22.4 Å². The first-order chi connectivity index (χ1) is 17.7. The summed E-state index contributed by atoms with van der Waals surface area (Å²) < 4.78 is 26.5. The Morgan fingerprint density at radius 1 is 1.03 bits per heavy atom. The fourth-order valence-electron chi connectivity index (χ4n) is 4.84. The number of primary sulfonamides is 1. The van der Waals surface area contributed by atoms with Crippen molar-refractivity contribution in [2.45, 2.75) is 37.1 Å². The van der Waals surface area contributed by atoms with E-state index in [1.807, 2.05) is 18.2 Å². The van der Waals surface area contributed by atoms with Gasteiger partial charge in [-0.25, -0.2) is 23.1 Å². The molecule has 0 atom stereocenters. The molecule has 192 valence electrons. The van der Waals surface area contributed by atoms with Crippen molar-refractivity contribution in [1.82, 2.24) is 19.9 Å². The first-order valence-electron chi connectivity index (χ1n) is 12.0. The molecule has 2 aromatic carbocycles. The number of aromatic nitrogens is 3. The number of rotatable bonds is 6. The fourth-order valence-corrected chi connectivity index (χ4v) is 5.87. The van der Waals surface area contributed by atoms with E-state index >= 15 is 0 Å². The summed E-state index contributed by atoms with van der Waals surface area (Å²) in [5.74, 6) is -0.230. The second-order valence-corrected chi connectivity index (χ2v) is 11.5. The van der Waals surface area contributed by atoms with Crippen LogP contribution < -0.4 is 10.5 Å². The first kappa shape index (κ1) is 25.7. The maximum atomic E-state index is 13.4. The third kappa shape index (κ3) is 5.22. The molecule has 2 aromatic heterocycles. The lowest BCUT2D eigenvalue weighted by Gasteiger charge is -2.21. The SMILES string of the molecule is NS(=O)(=O)c1nn2c(-c3ccc(Cl)cc3)c(-c3ccccc3Cl)cnc2c1C(=O)NCC1CCCCC1. The van der Waals surface area contributed by atoms with Gasteiger partial charge in [-0.15, -0.1) is 0 Å². The molecule has 0 saturated heterocycles. The minimum atomic E-state index is -4.35. The second-order valence-electron chi connectivity index (χ2n) is 9.18. The average molecular weight is 558 g/mol. The summed E-state index contributed by atoms with van der Waals surface area (Å²) in [4.78, 5) is 17.9. The minimum absolute atomic E-state index is 0.0749. The van der Waals surface area contributed by atoms with Crippen LogP contribution >= 0.6 is 23.2 Å². The van der Waals surface area contributed by atoms with Crippen molar-refractivity contribution in [2.24, 2.45) is 11.1 Å². The van der Waals surface area contributed by atoms with E-state index in [0.29, 0.717) is 44.9 Å². The fraction of sp³-hybridized carbons (Fsp3) is 0.269. The minimum Gasteiger partial charge on any atom is -0.352 e. The van der Waals surface area contributed by atoms with E-state index in [2.05, 4.69) is 15.4 Å². The lowest BCUT2D eigenvalue weighted by molar-refractivity contribution is 0.0941. The van der Waals surface area contributed by atoms with Crippen molar-refractivity contribution in [3.05, 3.63) is 70.3 Å². The highest BCUT2D eigenvalue weighted by Gasteiger charge is 2.30. The Bertz CT molecular complexity index is 1580. The van der Waals surface area contributed by atoms with E-state index in [-0.39, 0.29) is 11.2 Å². The summed E-state index contributed by atoms with van der Waals surface area (Å²) in [5, 5.41) is 13.2. The van der Waals surface area contributed by atoms with Crippen LogP contribution in [0.4, 0.5) is 0 Å². The zero-order valence-corrected chi connectivity index (χ0v) is 22.2. The van der Waals surface area contributed by atoms with E-state index in [9.17, 15) is 13.2 Å². The Kier molecular flexibility index (Phi) is 7.22. The number of carbonyl (C=O) groups excluding carboxylic acids is 1. The molecular formula is C26H25Cl2N5O3S. The molecule has 0 radical (unpaired) electrons. The van der Waals surface area contributed by atoms with Crippen LogP contribution in [0.25, 0.3) is 28.0 Å². The van der Waals surface area contributed by atoms with Crippen molar-refractivity contribution >= 4 is 44.8 Å². The molecule has 8 nitrogen and oxygen atoms in total. The molecule has 1 saturated carbocycles. The van der Waals surface area contributed by atoms with Crippen molar-refractivity contribution in [1.29, 1.82) is 0 Å². The van der Waals surface area contributed by atoms with Gasteiger partial charge in [0, 0.05) is 39.5 Å². The number of hydrogen-bond donors (Lipinski definition) is 2. The molecule has 1 amide bonds. The summed E-state index contributed by atoms with van der Waals surface area (Å²) >= 11 is 12.6. The monoisotopic (exact) mass is 557 g/mol. The average Bonchev–Trinajstić information content (AvgIpc) is 3.29. The largest absolute Gasteiger partial charge is 0.352 e. The molecule has 0 bridgehead atoms. The van der Waals surface area contributed by atoms with Crippen LogP contribution in [-0.2, 0) is 10.0 Å². The van der Waals surface area contributed by atoms with Gasteiger partial charge in [-0.05, 0) is 37.0 Å². The maximum absolute atomic E-state index is 13.4. The lowest BCUT2D eigenvalue weighted by atomic mass is 9.89. The van der Waals surface area contributed by atoms with Crippen molar-refractivity contribution < 1.29 is 13.2 Å². The van der Waals surface area contributed by atoms with E-state index in [0.717, 1.165) is 25.7 Å². The molecule has 1 fully saturated rings. The van der Waals surface area contributed by atoms with E-state index in [1.165, 1.54) is 10.9 Å². The van der Waals surface area contributed by atoms with Gasteiger partial charge < -0.3 is 5.32 Å². The molecular weight excluding hydrogens is 533 g/mol. The van der Waals surface area contributed by atoms with E-state index < -0.39 is 21.0 Å². The van der Waals surface area contributed by atoms with Gasteiger partial charge >= 0.3 is 0 Å². The highest BCUT2D eigenvalue weighted by atomic mass is 35.5. The number of fused-ring (bicyclic) bond motifs is 1. The van der Waals surface area contributed by atoms with Gasteiger partial charge in [-0.3, -0.25) is 4.79 Å². The van der Waals surface area contributed by atoms with Crippen molar-refractivity contribution in [3.63, 3.8) is 0 Å². The number of nitrogens with zero attached hydrogens (tertiary/aromatic N) is 3. The van der Waals surface area contributed by atoms with Crippen LogP contribution in [0.5, 0.6) is 0 Å². The number of nitrogens with two attached hydrogens (primary N) is 1. The van der Waals surface area contributed by atoms with Gasteiger partial charge in [0.15, 0.2) is 5.65 Å². The highest BCUT2D eigenvalue weighted by Crippen LogP contribution is 2.37. The Morgan fingerprint density at radius 3 is 2.41 bits per heavy atom. The summed E-state index contributed by atoms with van der Waals surface area (Å²) in [6.07, 6.45) is 7.05. The molecule has 11 heteroatoms. The van der Waals surface area contributed by atoms with Gasteiger partial charge in [-0.2, -0.15) is 5.10 Å². The Labute approximate surface area is 224 Å². The predicted molar refractivity (Wildman–Crippen MR) is 144 cm³/mol. The molecule has 5 rings (SSSR count). The number of halogens is 2. The third-order valence-electron chi connectivity index (χ3n) is 6.67. The molecule has 37 heavy (non-hydrogen) atoms. The van der Waals surface area contributed by atoms with Crippen LogP contribution in [0, 0.1) is 5.92 Å². The highest BCUT2D eigenvalue weighted by molar-refractivity contribution is 7.89. The molecule has 3 N–H and O–H groups in total. The Hall–Kier alpha value is -2.98. The Balaban J connectivity index is 1.71. The van der Waals surface area contributed by atoms with Gasteiger partial charge in [0.25, 0.3) is 15.9 Å². The van der Waals surface area contributed by atoms with Gasteiger partial charge in [0.2, 0.25) is 5.03 Å². The third-order valence-corrected chi connectivity index (χ3v) is 8.07. The molecule has 0 unspecified atom stereocenters. The first-order valence-corrected chi connectivity index (χ1v) is 14.3. The number of carbonyl (C=O) groups is 1. The maximum Gasteiger partial charge on any atom is 0.258 e. The molecule has 2 heterocycles. The van der Waals surface area contributed by atoms with Gasteiger partial charge in [0.05, 0.1) is 5.69 Å². The zero-order chi connectivity index (χ0) is 26.2. The normalized spacial score (nSPS) is 14.7. The second kappa shape index (κ2) is 10.4. The van der Waals surface area contributed by atoms with Crippen LogP contribution in [0.15, 0.2) is 59.8 Å². The summed E-state index contributed by atoms with van der Waals surface area (Å²) in [5.41, 5.74) is 2.32. The summed E-state index contributed by atoms with van der Waals surface area (Å²) in [7, 11) is -4.35. The number of amides is 1. The van der Waals surface area contributed by atoms with Gasteiger partial charge in [0.1, 0.15) is 5.56 Å². The molecule has 0 aliphatic heterocycles. The van der Waals surface area contributed by atoms with Gasteiger partial charge in [-0.1, -0.05) is 72.8 Å². The standard InChI is InChI=1S/C26H25Cl2N5O3S/c27-18-12-10-17(11-13-18)23-20(19-8-4-5-9-21(19)28)15-30-24-22(26(32-33(23)24)37(29,35)36)25(34)31-14-16-6-2-1-3-7-16/h4-5,8-13,15-16H,1-3,6-7,14H2,(H,31,34)(H2,29,35,36). The van der Waals surface area contributed by atoms with Crippen LogP contribution in [-0.4, -0.2) is 35.5 Å². The predicted octanol–water partition coefficient (Wildman–Crippen LogP) is 5.33.